The minimum atomic E-state index is -4.58. The second-order valence-corrected chi connectivity index (χ2v) is 9.93. The predicted molar refractivity (Wildman–Crippen MR) is 108 cm³/mol. The number of aromatic nitrogens is 7. The number of primary sulfonamides is 1. The largest absolute Gasteiger partial charge is 0.366 e. The van der Waals surface area contributed by atoms with Crippen molar-refractivity contribution in [2.24, 2.45) is 10.9 Å². The highest BCUT2D eigenvalue weighted by atomic mass is 32.2. The van der Waals surface area contributed by atoms with Crippen molar-refractivity contribution in [3.63, 3.8) is 0 Å². The van der Waals surface area contributed by atoms with E-state index in [0.717, 1.165) is 6.07 Å². The van der Waals surface area contributed by atoms with Crippen molar-refractivity contribution >= 4 is 31.5 Å². The number of benzene rings is 1. The van der Waals surface area contributed by atoms with Crippen LogP contribution < -0.4 is 16.6 Å². The van der Waals surface area contributed by atoms with Crippen molar-refractivity contribution < 1.29 is 16.8 Å². The molecule has 0 unspecified atom stereocenters. The van der Waals surface area contributed by atoms with Crippen molar-refractivity contribution in [3.8, 4) is 22.6 Å². The van der Waals surface area contributed by atoms with Gasteiger partial charge in [-0.2, -0.15) is 10.2 Å². The lowest BCUT2D eigenvalue weighted by Gasteiger charge is -2.16. The first-order valence-corrected chi connectivity index (χ1v) is 11.8. The van der Waals surface area contributed by atoms with Crippen LogP contribution in [-0.2, 0) is 19.9 Å². The summed E-state index contributed by atoms with van der Waals surface area (Å²) in [7, 11) is -8.68. The van der Waals surface area contributed by atoms with Gasteiger partial charge < -0.3 is 11.5 Å². The molecule has 0 fully saturated rings. The van der Waals surface area contributed by atoms with Gasteiger partial charge in [-0.05, 0) is 23.4 Å². The summed E-state index contributed by atoms with van der Waals surface area (Å²) in [6, 6.07) is 7.44. The monoisotopic (exact) mass is 464 g/mol. The Kier molecular flexibility index (Phi) is 4.92. The molecule has 3 heterocycles. The van der Waals surface area contributed by atoms with Gasteiger partial charge in [0.15, 0.2) is 15.5 Å². The van der Waals surface area contributed by atoms with E-state index in [0.29, 0.717) is 11.3 Å². The number of nitrogens with one attached hydrogen (secondary N) is 1. The Balaban J connectivity index is 2.18. The molecule has 0 amide bonds. The molecule has 0 atom stereocenters. The molecule has 0 radical (unpaired) electrons. The fraction of sp³-hybridized carbons (Fsp3) is 0.133. The van der Waals surface area contributed by atoms with Gasteiger partial charge in [0.2, 0.25) is 21.8 Å². The summed E-state index contributed by atoms with van der Waals surface area (Å²) in [5.74, 6) is -0.688. The van der Waals surface area contributed by atoms with Crippen molar-refractivity contribution in [3.05, 3.63) is 30.3 Å². The van der Waals surface area contributed by atoms with Gasteiger partial charge >= 0.3 is 0 Å². The van der Waals surface area contributed by atoms with E-state index < -0.39 is 35.4 Å². The van der Waals surface area contributed by atoms with E-state index in [4.69, 9.17) is 16.6 Å². The maximum Gasteiger partial charge on any atom is 0.240 e. The Morgan fingerprint density at radius 2 is 1.87 bits per heavy atom. The van der Waals surface area contributed by atoms with Gasteiger partial charge in [0.25, 0.3) is 0 Å². The normalized spacial score (nSPS) is 12.5. The molecular weight excluding hydrogens is 448 g/mol. The summed E-state index contributed by atoms with van der Waals surface area (Å²) in [6.07, 6.45) is 0. The SMILES string of the molecule is NCCS(=O)(=O)c1ccc(-c2cccc3nc(N)nn23)c(-c2nn[nH]n2)c1S(N)(=O)=O. The second kappa shape index (κ2) is 7.34. The topological polar surface area (TPSA) is 231 Å². The minimum absolute atomic E-state index is 0.0117. The van der Waals surface area contributed by atoms with Crippen LogP contribution in [0.15, 0.2) is 40.1 Å². The van der Waals surface area contributed by atoms with Crippen molar-refractivity contribution in [1.29, 1.82) is 0 Å². The third kappa shape index (κ3) is 3.61. The molecule has 0 saturated carbocycles. The standard InChI is InChI=1S/C15H16N10O4S2/c16-6-7-30(26,27)10-5-4-8(9-2-1-3-11-19-15(17)22-25(9)11)12(13(10)31(18,28)29)14-20-23-24-21-14/h1-5H,6-7,16H2,(H2,17,22)(H2,18,28,29)(H,20,21,23,24). The van der Waals surface area contributed by atoms with Crippen LogP contribution in [0.4, 0.5) is 5.95 Å². The molecular formula is C15H16N10O4S2. The first kappa shape index (κ1) is 20.8. The maximum atomic E-state index is 12.8. The van der Waals surface area contributed by atoms with Crippen molar-refractivity contribution in [1.82, 2.24) is 35.2 Å². The van der Waals surface area contributed by atoms with E-state index in [1.807, 2.05) is 0 Å². The van der Waals surface area contributed by atoms with Crippen LogP contribution in [0.3, 0.4) is 0 Å². The molecule has 0 bridgehead atoms. The van der Waals surface area contributed by atoms with Crippen LogP contribution in [0.2, 0.25) is 0 Å². The summed E-state index contributed by atoms with van der Waals surface area (Å²) in [4.78, 5) is 2.88. The zero-order valence-electron chi connectivity index (χ0n) is 15.7. The quantitative estimate of drug-likeness (QED) is 0.257. The van der Waals surface area contributed by atoms with E-state index in [2.05, 4.69) is 30.7 Å². The van der Waals surface area contributed by atoms with E-state index >= 15 is 0 Å². The fourth-order valence-corrected chi connectivity index (χ4v) is 5.94. The number of hydrogen-bond acceptors (Lipinski definition) is 11. The number of sulfone groups is 1. The smallest absolute Gasteiger partial charge is 0.240 e. The van der Waals surface area contributed by atoms with Gasteiger partial charge in [0.1, 0.15) is 4.90 Å². The number of tetrazole rings is 1. The Labute approximate surface area is 175 Å². The molecule has 4 aromatic rings. The number of fused-ring (bicyclic) bond motifs is 1. The molecule has 0 aliphatic rings. The van der Waals surface area contributed by atoms with Gasteiger partial charge in [0.05, 0.1) is 21.9 Å². The van der Waals surface area contributed by atoms with Crippen molar-refractivity contribution in [2.75, 3.05) is 18.0 Å². The van der Waals surface area contributed by atoms with E-state index in [-0.39, 0.29) is 29.4 Å². The number of nitrogens with zero attached hydrogens (tertiary/aromatic N) is 6. The summed E-state index contributed by atoms with van der Waals surface area (Å²) in [5, 5.41) is 22.9. The summed E-state index contributed by atoms with van der Waals surface area (Å²) < 4.78 is 52.1. The van der Waals surface area contributed by atoms with Crippen LogP contribution in [0.5, 0.6) is 0 Å². The fourth-order valence-electron chi connectivity index (χ4n) is 3.18. The number of nitrogen functional groups attached to an aromatic ring is 1. The van der Waals surface area contributed by atoms with Crippen LogP contribution in [0.25, 0.3) is 28.3 Å². The lowest BCUT2D eigenvalue weighted by molar-refractivity contribution is 0.583. The van der Waals surface area contributed by atoms with Gasteiger partial charge in [-0.3, -0.25) is 0 Å². The highest BCUT2D eigenvalue weighted by Crippen LogP contribution is 2.38. The number of aromatic amines is 1. The van der Waals surface area contributed by atoms with Gasteiger partial charge in [0, 0.05) is 12.1 Å². The number of hydrogen-bond donors (Lipinski definition) is 4. The maximum absolute atomic E-state index is 12.8. The second-order valence-electron chi connectivity index (χ2n) is 6.35. The molecule has 162 valence electrons. The average Bonchev–Trinajstić information content (AvgIpc) is 3.34. The van der Waals surface area contributed by atoms with Crippen LogP contribution in [0, 0.1) is 0 Å². The van der Waals surface area contributed by atoms with Gasteiger partial charge in [-0.1, -0.05) is 12.1 Å². The summed E-state index contributed by atoms with van der Waals surface area (Å²) in [6.45, 7) is -0.219. The van der Waals surface area contributed by atoms with E-state index in [1.54, 1.807) is 18.2 Å². The summed E-state index contributed by atoms with van der Waals surface area (Å²) >= 11 is 0. The zero-order valence-corrected chi connectivity index (χ0v) is 17.3. The molecule has 0 saturated heterocycles. The molecule has 14 nitrogen and oxygen atoms in total. The van der Waals surface area contributed by atoms with Crippen molar-refractivity contribution in [2.45, 2.75) is 9.79 Å². The Morgan fingerprint density at radius 3 is 2.52 bits per heavy atom. The first-order chi connectivity index (χ1) is 14.6. The Hall–Kier alpha value is -3.47. The van der Waals surface area contributed by atoms with E-state index in [1.165, 1.54) is 10.6 Å². The van der Waals surface area contributed by atoms with Crippen LogP contribution in [0.1, 0.15) is 0 Å². The van der Waals surface area contributed by atoms with Crippen LogP contribution in [-0.4, -0.2) is 64.4 Å². The van der Waals surface area contributed by atoms with Gasteiger partial charge in [-0.25, -0.2) is 26.5 Å². The number of rotatable bonds is 6. The third-order valence-electron chi connectivity index (χ3n) is 4.35. The molecule has 31 heavy (non-hydrogen) atoms. The minimum Gasteiger partial charge on any atom is -0.366 e. The number of H-pyrrole nitrogens is 1. The lowest BCUT2D eigenvalue weighted by atomic mass is 10.0. The highest BCUT2D eigenvalue weighted by Gasteiger charge is 2.32. The average molecular weight is 464 g/mol. The number of anilines is 1. The number of pyridine rings is 1. The number of nitrogens with two attached hydrogens (primary N) is 3. The summed E-state index contributed by atoms with van der Waals surface area (Å²) in [5.41, 5.74) is 11.9. The molecule has 3 aromatic heterocycles. The first-order valence-electron chi connectivity index (χ1n) is 8.61. The molecule has 4 rings (SSSR count). The van der Waals surface area contributed by atoms with Gasteiger partial charge in [-0.15, -0.1) is 15.3 Å². The molecule has 16 heteroatoms. The predicted octanol–water partition coefficient (Wildman–Crippen LogP) is -1.46. The molecule has 1 aromatic carbocycles. The van der Waals surface area contributed by atoms with E-state index in [9.17, 15) is 16.8 Å². The van der Waals surface area contributed by atoms with Crippen LogP contribution >= 0.6 is 0 Å². The Bertz CT molecular complexity index is 1490. The molecule has 0 aliphatic carbocycles. The molecule has 0 spiro atoms. The molecule has 0 aliphatic heterocycles. The zero-order chi connectivity index (χ0) is 22.4. The Morgan fingerprint density at radius 1 is 1.10 bits per heavy atom. The third-order valence-corrected chi connectivity index (χ3v) is 7.25. The lowest BCUT2D eigenvalue weighted by Crippen LogP contribution is -2.22. The number of sulfonamides is 1. The highest BCUT2D eigenvalue weighted by molar-refractivity contribution is 7.93. The molecule has 7 N–H and O–H groups in total.